The molecule has 0 aromatic heterocycles. The van der Waals surface area contributed by atoms with Gasteiger partial charge in [-0.05, 0) is 19.1 Å². The van der Waals surface area contributed by atoms with E-state index < -0.39 is 0 Å². The second kappa shape index (κ2) is 7.12. The summed E-state index contributed by atoms with van der Waals surface area (Å²) in [5.74, 6) is 5.08. The predicted molar refractivity (Wildman–Crippen MR) is 52.6 cm³/mol. The maximum absolute atomic E-state index is 9.09. The summed E-state index contributed by atoms with van der Waals surface area (Å²) < 4.78 is 0. The molecule has 0 aliphatic heterocycles. The van der Waals surface area contributed by atoms with Gasteiger partial charge in [0, 0.05) is 12.2 Å². The molecule has 0 unspecified atom stereocenters. The Morgan fingerprint density at radius 3 is 2.46 bits per heavy atom. The van der Waals surface area contributed by atoms with Crippen LogP contribution in [0.5, 0.6) is 5.75 Å². The van der Waals surface area contributed by atoms with Crippen LogP contribution in [0.25, 0.3) is 0 Å². The summed E-state index contributed by atoms with van der Waals surface area (Å²) in [6.07, 6.45) is 1.40. The molecule has 0 saturated carbocycles. The number of phenols is 1. The third kappa shape index (κ3) is 4.81. The number of benzene rings is 1. The first-order chi connectivity index (χ1) is 6.26. The Balaban J connectivity index is 0.000000424. The van der Waals surface area contributed by atoms with Gasteiger partial charge in [0.25, 0.3) is 0 Å². The van der Waals surface area contributed by atoms with Gasteiger partial charge in [-0.3, -0.25) is 0 Å². The Kier molecular flexibility index (Phi) is 6.27. The van der Waals surface area contributed by atoms with Crippen molar-refractivity contribution in [1.29, 1.82) is 0 Å². The van der Waals surface area contributed by atoms with E-state index in [1.54, 1.807) is 31.2 Å². The Labute approximate surface area is 77.3 Å². The number of hydrogen-bond donors (Lipinski definition) is 3. The molecule has 72 valence electrons. The van der Waals surface area contributed by atoms with Crippen LogP contribution >= 0.6 is 0 Å². The number of hydrogen-bond acceptors (Lipinski definition) is 4. The Bertz CT molecular complexity index is 262. The van der Waals surface area contributed by atoms with Crippen LogP contribution in [0.1, 0.15) is 12.5 Å². The molecule has 0 saturated heterocycles. The largest absolute Gasteiger partial charge is 0.507 e. The fourth-order valence-corrected chi connectivity index (χ4v) is 0.677. The van der Waals surface area contributed by atoms with Crippen LogP contribution in [-0.4, -0.2) is 23.0 Å². The number of rotatable bonds is 1. The summed E-state index contributed by atoms with van der Waals surface area (Å²) in [5.41, 5.74) is 0.630. The number of hydrazone groups is 1. The molecule has 0 fully saturated rings. The van der Waals surface area contributed by atoms with Crippen molar-refractivity contribution in [1.82, 2.24) is 0 Å². The van der Waals surface area contributed by atoms with Gasteiger partial charge in [0.1, 0.15) is 5.75 Å². The Morgan fingerprint density at radius 1 is 1.46 bits per heavy atom. The first-order valence-corrected chi connectivity index (χ1v) is 3.88. The molecule has 1 aromatic rings. The molecule has 0 heterocycles. The van der Waals surface area contributed by atoms with Crippen LogP contribution in [-0.2, 0) is 0 Å². The van der Waals surface area contributed by atoms with Gasteiger partial charge in [-0.2, -0.15) is 5.10 Å². The van der Waals surface area contributed by atoms with Crippen molar-refractivity contribution < 1.29 is 10.2 Å². The zero-order chi connectivity index (χ0) is 10.1. The van der Waals surface area contributed by atoms with Crippen LogP contribution in [0.3, 0.4) is 0 Å². The van der Waals surface area contributed by atoms with Gasteiger partial charge in [-0.15, -0.1) is 0 Å². The summed E-state index contributed by atoms with van der Waals surface area (Å²) in [6.45, 7) is 1.93. The third-order valence-electron chi connectivity index (χ3n) is 1.15. The summed E-state index contributed by atoms with van der Waals surface area (Å²) >= 11 is 0. The Morgan fingerprint density at radius 2 is 2.00 bits per heavy atom. The summed E-state index contributed by atoms with van der Waals surface area (Å²) in [4.78, 5) is 0. The van der Waals surface area contributed by atoms with Gasteiger partial charge in [0.15, 0.2) is 0 Å². The highest BCUT2D eigenvalue weighted by molar-refractivity contribution is 5.82. The molecule has 4 heteroatoms. The first kappa shape index (κ1) is 11.4. The van der Waals surface area contributed by atoms with Crippen LogP contribution < -0.4 is 5.84 Å². The van der Waals surface area contributed by atoms with E-state index in [1.807, 2.05) is 0 Å². The second-order valence-corrected chi connectivity index (χ2v) is 2.15. The number of aromatic hydroxyl groups is 1. The zero-order valence-corrected chi connectivity index (χ0v) is 7.51. The average molecular weight is 182 g/mol. The van der Waals surface area contributed by atoms with Crippen molar-refractivity contribution in [3.05, 3.63) is 29.8 Å². The molecule has 13 heavy (non-hydrogen) atoms. The fraction of sp³-hybridized carbons (Fsp3) is 0.222. The number of nitrogens with two attached hydrogens (primary N) is 1. The van der Waals surface area contributed by atoms with Crippen molar-refractivity contribution in [2.75, 3.05) is 6.61 Å². The monoisotopic (exact) mass is 182 g/mol. The topological polar surface area (TPSA) is 78.8 Å². The first-order valence-electron chi connectivity index (χ1n) is 3.88. The molecule has 0 radical (unpaired) electrons. The van der Waals surface area contributed by atoms with Crippen molar-refractivity contribution in [2.24, 2.45) is 10.9 Å². The minimum atomic E-state index is 0.191. The number of aliphatic hydroxyl groups excluding tert-OH is 1. The van der Waals surface area contributed by atoms with Gasteiger partial charge in [0.2, 0.25) is 0 Å². The summed E-state index contributed by atoms with van der Waals surface area (Å²) in [6, 6.07) is 6.85. The average Bonchev–Trinajstić information content (AvgIpc) is 2.11. The highest BCUT2D eigenvalue weighted by Crippen LogP contribution is 2.11. The van der Waals surface area contributed by atoms with Crippen LogP contribution in [0.4, 0.5) is 0 Å². The molecule has 4 nitrogen and oxygen atoms in total. The van der Waals surface area contributed by atoms with Gasteiger partial charge in [0.05, 0.1) is 6.21 Å². The molecule has 0 amide bonds. The molecule has 0 bridgehead atoms. The molecular formula is C9H14N2O2. The predicted octanol–water partition coefficient (Wildman–Crippen LogP) is 0.683. The lowest BCUT2D eigenvalue weighted by Gasteiger charge is -1.93. The standard InChI is InChI=1S/C7H8N2O.C2H6O/c8-9-5-6-3-1-2-4-7(6)10;1-2-3/h1-5,10H,8H2;3H,2H2,1H3. The van der Waals surface area contributed by atoms with E-state index in [0.29, 0.717) is 5.56 Å². The molecule has 4 N–H and O–H groups in total. The summed E-state index contributed by atoms with van der Waals surface area (Å²) in [7, 11) is 0. The van der Waals surface area contributed by atoms with E-state index in [4.69, 9.17) is 16.1 Å². The second-order valence-electron chi connectivity index (χ2n) is 2.15. The van der Waals surface area contributed by atoms with Crippen LogP contribution in [0.2, 0.25) is 0 Å². The maximum Gasteiger partial charge on any atom is 0.124 e. The minimum Gasteiger partial charge on any atom is -0.507 e. The lowest BCUT2D eigenvalue weighted by molar-refractivity contribution is 0.318. The molecule has 1 aromatic carbocycles. The van der Waals surface area contributed by atoms with Crippen LogP contribution in [0, 0.1) is 0 Å². The maximum atomic E-state index is 9.09. The molecule has 0 aliphatic carbocycles. The molecule has 1 rings (SSSR count). The molecule has 0 spiro atoms. The van der Waals surface area contributed by atoms with E-state index in [9.17, 15) is 0 Å². The quantitative estimate of drug-likeness (QED) is 0.339. The zero-order valence-electron chi connectivity index (χ0n) is 7.51. The smallest absolute Gasteiger partial charge is 0.124 e. The van der Waals surface area contributed by atoms with Crippen molar-refractivity contribution >= 4 is 6.21 Å². The van der Waals surface area contributed by atoms with E-state index in [-0.39, 0.29) is 12.4 Å². The van der Waals surface area contributed by atoms with E-state index in [1.165, 1.54) is 6.21 Å². The lowest BCUT2D eigenvalue weighted by atomic mass is 10.2. The van der Waals surface area contributed by atoms with Crippen molar-refractivity contribution in [3.63, 3.8) is 0 Å². The van der Waals surface area contributed by atoms with Crippen molar-refractivity contribution in [2.45, 2.75) is 6.92 Å². The fourth-order valence-electron chi connectivity index (χ4n) is 0.677. The normalized spacial score (nSPS) is 9.38. The molecular weight excluding hydrogens is 168 g/mol. The van der Waals surface area contributed by atoms with Gasteiger partial charge >= 0.3 is 0 Å². The van der Waals surface area contributed by atoms with E-state index >= 15 is 0 Å². The van der Waals surface area contributed by atoms with Gasteiger partial charge in [-0.1, -0.05) is 12.1 Å². The molecule has 0 aliphatic rings. The van der Waals surface area contributed by atoms with Crippen molar-refractivity contribution in [3.8, 4) is 5.75 Å². The highest BCUT2D eigenvalue weighted by Gasteiger charge is 1.92. The molecule has 0 atom stereocenters. The highest BCUT2D eigenvalue weighted by atomic mass is 16.3. The number of aliphatic hydroxyl groups is 1. The SMILES string of the molecule is CCO.NN=Cc1ccccc1O. The lowest BCUT2D eigenvalue weighted by Crippen LogP contribution is -1.85. The number of nitrogens with zero attached hydrogens (tertiary/aromatic N) is 1. The minimum absolute atomic E-state index is 0.191. The third-order valence-corrected chi connectivity index (χ3v) is 1.15. The van der Waals surface area contributed by atoms with Gasteiger partial charge < -0.3 is 16.1 Å². The number of para-hydroxylation sites is 1. The van der Waals surface area contributed by atoms with Gasteiger partial charge in [-0.25, -0.2) is 0 Å². The van der Waals surface area contributed by atoms with E-state index in [0.717, 1.165) is 0 Å². The summed E-state index contributed by atoms with van der Waals surface area (Å²) in [5, 5.41) is 19.9. The van der Waals surface area contributed by atoms with E-state index in [2.05, 4.69) is 5.10 Å². The Hall–Kier alpha value is -1.55. The number of phenolic OH excluding ortho intramolecular Hbond substituents is 1. The van der Waals surface area contributed by atoms with Crippen LogP contribution in [0.15, 0.2) is 29.4 Å².